The van der Waals surface area contributed by atoms with Crippen molar-refractivity contribution in [2.45, 2.75) is 49.5 Å². The van der Waals surface area contributed by atoms with Crippen molar-refractivity contribution in [3.05, 3.63) is 53.8 Å². The highest BCUT2D eigenvalue weighted by molar-refractivity contribution is 7.89. The molecule has 0 bridgehead atoms. The fourth-order valence-corrected chi connectivity index (χ4v) is 5.39. The molecule has 2 aliphatic rings. The highest BCUT2D eigenvalue weighted by Crippen LogP contribution is 2.33. The van der Waals surface area contributed by atoms with Gasteiger partial charge in [-0.05, 0) is 55.5 Å². The largest absolute Gasteiger partial charge is 0.486 e. The Morgan fingerprint density at radius 2 is 1.79 bits per heavy atom. The number of nitrogens with one attached hydrogen (secondary N) is 1. The summed E-state index contributed by atoms with van der Waals surface area (Å²) in [4.78, 5) is 14.7. The van der Waals surface area contributed by atoms with Gasteiger partial charge in [-0.15, -0.1) is 0 Å². The molecule has 0 spiro atoms. The molecule has 0 aliphatic carbocycles. The molecule has 0 saturated carbocycles. The second-order valence-corrected chi connectivity index (χ2v) is 10.1. The van der Waals surface area contributed by atoms with Crippen LogP contribution in [-0.2, 0) is 14.8 Å². The first-order chi connectivity index (χ1) is 15.9. The predicted molar refractivity (Wildman–Crippen MR) is 121 cm³/mol. The molecule has 1 unspecified atom stereocenters. The molecular weight excluding hydrogens is 447 g/mol. The van der Waals surface area contributed by atoms with E-state index in [4.69, 9.17) is 9.47 Å². The Labute approximate surface area is 193 Å². The third-order valence-electron chi connectivity index (χ3n) is 6.01. The molecule has 1 amide bonds. The van der Waals surface area contributed by atoms with Gasteiger partial charge in [0.15, 0.2) is 11.5 Å². The normalized spacial score (nSPS) is 17.8. The Morgan fingerprint density at radius 3 is 2.58 bits per heavy atom. The summed E-state index contributed by atoms with van der Waals surface area (Å²) in [6, 6.07) is 11.0. The van der Waals surface area contributed by atoms with E-state index in [1.807, 2.05) is 4.90 Å². The van der Waals surface area contributed by atoms with Crippen molar-refractivity contribution in [2.24, 2.45) is 0 Å². The molecule has 0 aromatic heterocycles. The van der Waals surface area contributed by atoms with E-state index >= 15 is 0 Å². The lowest BCUT2D eigenvalue weighted by atomic mass is 10.0. The van der Waals surface area contributed by atoms with E-state index < -0.39 is 10.0 Å². The van der Waals surface area contributed by atoms with Crippen molar-refractivity contribution >= 4 is 15.9 Å². The maximum atomic E-state index is 13.2. The summed E-state index contributed by atoms with van der Waals surface area (Å²) < 4.78 is 51.8. The van der Waals surface area contributed by atoms with Crippen LogP contribution < -0.4 is 14.2 Å². The Balaban J connectivity index is 1.19. The van der Waals surface area contributed by atoms with Gasteiger partial charge < -0.3 is 14.4 Å². The molecule has 9 heteroatoms. The zero-order valence-corrected chi connectivity index (χ0v) is 19.3. The molecule has 2 aromatic rings. The molecule has 2 aliphatic heterocycles. The number of ether oxygens (including phenoxy) is 2. The van der Waals surface area contributed by atoms with E-state index in [1.165, 1.54) is 24.3 Å². The molecular formula is C24H29FN2O5S. The number of unbranched alkanes of at least 4 members (excludes halogenated alkanes) is 2. The number of rotatable bonds is 9. The van der Waals surface area contributed by atoms with Gasteiger partial charge in [-0.1, -0.05) is 18.6 Å². The Kier molecular flexibility index (Phi) is 7.49. The van der Waals surface area contributed by atoms with Gasteiger partial charge in [0.2, 0.25) is 15.9 Å². The van der Waals surface area contributed by atoms with E-state index in [1.54, 1.807) is 18.2 Å². The van der Waals surface area contributed by atoms with Gasteiger partial charge >= 0.3 is 0 Å². The number of carbonyl (C=O) groups excluding carboxylic acids is 1. The van der Waals surface area contributed by atoms with Crippen molar-refractivity contribution < 1.29 is 27.1 Å². The highest BCUT2D eigenvalue weighted by Gasteiger charge is 2.29. The molecule has 1 saturated heterocycles. The highest BCUT2D eigenvalue weighted by atomic mass is 32.2. The number of carbonyl (C=O) groups is 1. The summed E-state index contributed by atoms with van der Waals surface area (Å²) in [5.74, 6) is 0.797. The maximum Gasteiger partial charge on any atom is 0.240 e. The third kappa shape index (κ3) is 5.83. The van der Waals surface area contributed by atoms with Gasteiger partial charge in [0.05, 0.1) is 10.9 Å². The Bertz CT molecular complexity index is 1070. The van der Waals surface area contributed by atoms with Crippen LogP contribution in [0.25, 0.3) is 0 Å². The molecule has 0 radical (unpaired) electrons. The number of hydrogen-bond acceptors (Lipinski definition) is 5. The number of halogens is 1. The fourth-order valence-electron chi connectivity index (χ4n) is 4.30. The van der Waals surface area contributed by atoms with Crippen LogP contribution in [0, 0.1) is 5.82 Å². The van der Waals surface area contributed by atoms with Crippen LogP contribution in [0.3, 0.4) is 0 Å². The second-order valence-electron chi connectivity index (χ2n) is 8.31. The smallest absolute Gasteiger partial charge is 0.240 e. The average molecular weight is 477 g/mol. The summed E-state index contributed by atoms with van der Waals surface area (Å²) >= 11 is 0. The van der Waals surface area contributed by atoms with E-state index in [9.17, 15) is 17.6 Å². The van der Waals surface area contributed by atoms with Gasteiger partial charge in [0, 0.05) is 25.6 Å². The first kappa shape index (κ1) is 23.5. The van der Waals surface area contributed by atoms with Crippen LogP contribution in [0.2, 0.25) is 0 Å². The SMILES string of the molecule is O=C(CCCCCNS(=O)(=O)c1ccc2c(c1)OCCO2)N1CCCC1c1ccc(F)cc1. The lowest BCUT2D eigenvalue weighted by Crippen LogP contribution is -2.30. The molecule has 1 atom stereocenters. The number of amides is 1. The van der Waals surface area contributed by atoms with Crippen molar-refractivity contribution in [1.82, 2.24) is 9.62 Å². The van der Waals surface area contributed by atoms with Crippen LogP contribution in [0.15, 0.2) is 47.4 Å². The summed E-state index contributed by atoms with van der Waals surface area (Å²) in [5.41, 5.74) is 0.968. The molecule has 7 nitrogen and oxygen atoms in total. The predicted octanol–water partition coefficient (Wildman–Crippen LogP) is 3.80. The molecule has 178 valence electrons. The summed E-state index contributed by atoms with van der Waals surface area (Å²) in [6.07, 6.45) is 4.32. The van der Waals surface area contributed by atoms with Crippen molar-refractivity contribution in [3.63, 3.8) is 0 Å². The molecule has 2 aromatic carbocycles. The second kappa shape index (κ2) is 10.5. The quantitative estimate of drug-likeness (QED) is 0.557. The minimum Gasteiger partial charge on any atom is -0.486 e. The molecule has 1 fully saturated rings. The zero-order chi connectivity index (χ0) is 23.3. The summed E-state index contributed by atoms with van der Waals surface area (Å²) in [7, 11) is -3.64. The van der Waals surface area contributed by atoms with Crippen molar-refractivity contribution in [3.8, 4) is 11.5 Å². The van der Waals surface area contributed by atoms with Crippen LogP contribution in [0.1, 0.15) is 50.1 Å². The number of nitrogens with zero attached hydrogens (tertiary/aromatic N) is 1. The van der Waals surface area contributed by atoms with E-state index in [2.05, 4.69) is 4.72 Å². The van der Waals surface area contributed by atoms with E-state index in [-0.39, 0.29) is 22.7 Å². The monoisotopic (exact) mass is 476 g/mol. The number of sulfonamides is 1. The molecule has 4 rings (SSSR count). The Hall–Kier alpha value is -2.65. The standard InChI is InChI=1S/C24H29FN2O5S/c25-19-9-7-18(8-10-19)21-5-4-14-27(21)24(28)6-2-1-3-13-26-33(29,30)20-11-12-22-23(17-20)32-16-15-31-22/h7-12,17,21,26H,1-6,13-16H2. The van der Waals surface area contributed by atoms with Gasteiger partial charge in [-0.25, -0.2) is 17.5 Å². The maximum absolute atomic E-state index is 13.2. The number of benzene rings is 2. The van der Waals surface area contributed by atoms with Crippen molar-refractivity contribution in [1.29, 1.82) is 0 Å². The number of hydrogen-bond donors (Lipinski definition) is 1. The first-order valence-corrected chi connectivity index (χ1v) is 12.9. The summed E-state index contributed by atoms with van der Waals surface area (Å²) in [6.45, 7) is 1.86. The van der Waals surface area contributed by atoms with Gasteiger partial charge in [0.1, 0.15) is 19.0 Å². The van der Waals surface area contributed by atoms with Gasteiger partial charge in [-0.3, -0.25) is 4.79 Å². The first-order valence-electron chi connectivity index (χ1n) is 11.4. The average Bonchev–Trinajstić information content (AvgIpc) is 3.31. The van der Waals surface area contributed by atoms with Crippen LogP contribution >= 0.6 is 0 Å². The van der Waals surface area contributed by atoms with Gasteiger partial charge in [0.25, 0.3) is 0 Å². The van der Waals surface area contributed by atoms with Crippen molar-refractivity contribution in [2.75, 3.05) is 26.3 Å². The summed E-state index contributed by atoms with van der Waals surface area (Å²) in [5, 5.41) is 0. The molecule has 33 heavy (non-hydrogen) atoms. The molecule has 2 heterocycles. The fraction of sp³-hybridized carbons (Fsp3) is 0.458. The van der Waals surface area contributed by atoms with Crippen LogP contribution in [0.4, 0.5) is 4.39 Å². The third-order valence-corrected chi connectivity index (χ3v) is 7.47. The topological polar surface area (TPSA) is 84.9 Å². The number of fused-ring (bicyclic) bond motifs is 1. The van der Waals surface area contributed by atoms with Crippen LogP contribution in [0.5, 0.6) is 11.5 Å². The number of likely N-dealkylation sites (tertiary alicyclic amines) is 1. The lowest BCUT2D eigenvalue weighted by molar-refractivity contribution is -0.132. The zero-order valence-electron chi connectivity index (χ0n) is 18.5. The van der Waals surface area contributed by atoms with E-state index in [0.29, 0.717) is 50.5 Å². The lowest BCUT2D eigenvalue weighted by Gasteiger charge is -2.25. The van der Waals surface area contributed by atoms with Gasteiger partial charge in [-0.2, -0.15) is 0 Å². The minimum atomic E-state index is -3.64. The Morgan fingerprint density at radius 1 is 1.03 bits per heavy atom. The van der Waals surface area contributed by atoms with E-state index in [0.717, 1.165) is 31.4 Å². The minimum absolute atomic E-state index is 0.0101. The molecule has 1 N–H and O–H groups in total. The van der Waals surface area contributed by atoms with Crippen LogP contribution in [-0.4, -0.2) is 45.5 Å².